The Morgan fingerprint density at radius 1 is 1.07 bits per heavy atom. The van der Waals surface area contributed by atoms with E-state index in [1.807, 2.05) is 60.1 Å². The Bertz CT molecular complexity index is 1130. The largest absolute Gasteiger partial charge is 0.337 e. The molecule has 2 amide bonds. The number of urea groups is 1. The molecule has 136 valence electrons. The van der Waals surface area contributed by atoms with Crippen LogP contribution in [0.2, 0.25) is 0 Å². The predicted molar refractivity (Wildman–Crippen MR) is 105 cm³/mol. The molecule has 4 aromatic rings. The van der Waals surface area contributed by atoms with Crippen molar-refractivity contribution in [2.24, 2.45) is 7.05 Å². The van der Waals surface area contributed by atoms with Gasteiger partial charge in [0.25, 0.3) is 0 Å². The van der Waals surface area contributed by atoms with Gasteiger partial charge in [0, 0.05) is 25.4 Å². The summed E-state index contributed by atoms with van der Waals surface area (Å²) in [5, 5.41) is 7.77. The highest BCUT2D eigenvalue weighted by Gasteiger charge is 2.11. The molecule has 0 radical (unpaired) electrons. The van der Waals surface area contributed by atoms with Crippen LogP contribution in [0.4, 0.5) is 14.9 Å². The monoisotopic (exact) mass is 362 g/mol. The lowest BCUT2D eigenvalue weighted by Gasteiger charge is -2.10. The summed E-state index contributed by atoms with van der Waals surface area (Å²) < 4.78 is 15.7. The number of halogens is 1. The second-order valence-corrected chi connectivity index (χ2v) is 6.35. The van der Waals surface area contributed by atoms with E-state index in [1.54, 1.807) is 6.07 Å². The minimum Gasteiger partial charge on any atom is -0.337 e. The van der Waals surface area contributed by atoms with Crippen molar-refractivity contribution in [2.45, 2.75) is 6.42 Å². The molecule has 5 nitrogen and oxygen atoms in total. The Labute approximate surface area is 155 Å². The van der Waals surface area contributed by atoms with E-state index in [0.717, 1.165) is 27.8 Å². The molecule has 0 fully saturated rings. The molecule has 27 heavy (non-hydrogen) atoms. The van der Waals surface area contributed by atoms with Gasteiger partial charge in [-0.1, -0.05) is 42.5 Å². The maximum Gasteiger partial charge on any atom is 0.319 e. The number of imidazole rings is 1. The molecule has 0 unspecified atom stereocenters. The van der Waals surface area contributed by atoms with Gasteiger partial charge in [0.2, 0.25) is 0 Å². The van der Waals surface area contributed by atoms with Crippen LogP contribution in [0.15, 0.2) is 60.7 Å². The fraction of sp³-hybridized carbons (Fsp3) is 0.143. The zero-order valence-electron chi connectivity index (χ0n) is 14.9. The molecule has 0 aliphatic carbocycles. The van der Waals surface area contributed by atoms with Gasteiger partial charge in [0.05, 0.1) is 11.2 Å². The Balaban J connectivity index is 1.41. The summed E-state index contributed by atoms with van der Waals surface area (Å²) in [6.07, 6.45) is 0.508. The number of hydrogen-bond acceptors (Lipinski definition) is 2. The standard InChI is InChI=1S/C21H19FN4O/c1-26-18-11-5-9-16(22)20(18)25-19(26)12-13-23-21(27)24-17-10-4-7-14-6-2-3-8-15(14)17/h2-11H,12-13H2,1H3,(H2,23,24,27). The van der Waals surface area contributed by atoms with Crippen molar-refractivity contribution in [1.82, 2.24) is 14.9 Å². The van der Waals surface area contributed by atoms with Crippen LogP contribution < -0.4 is 10.6 Å². The van der Waals surface area contributed by atoms with Crippen molar-refractivity contribution >= 4 is 33.5 Å². The molecular weight excluding hydrogens is 343 g/mol. The van der Waals surface area contributed by atoms with Gasteiger partial charge in [-0.2, -0.15) is 0 Å². The summed E-state index contributed by atoms with van der Waals surface area (Å²) in [6.45, 7) is 0.398. The van der Waals surface area contributed by atoms with Crippen LogP contribution in [0, 0.1) is 5.82 Å². The zero-order chi connectivity index (χ0) is 18.8. The number of nitrogens with zero attached hydrogens (tertiary/aromatic N) is 2. The van der Waals surface area contributed by atoms with E-state index < -0.39 is 0 Å². The van der Waals surface area contributed by atoms with Crippen LogP contribution >= 0.6 is 0 Å². The zero-order valence-corrected chi connectivity index (χ0v) is 14.9. The summed E-state index contributed by atoms with van der Waals surface area (Å²) >= 11 is 0. The first-order valence-electron chi connectivity index (χ1n) is 8.76. The highest BCUT2D eigenvalue weighted by Crippen LogP contribution is 2.22. The lowest BCUT2D eigenvalue weighted by Crippen LogP contribution is -2.30. The minimum absolute atomic E-state index is 0.281. The first kappa shape index (κ1) is 17.0. The number of carbonyl (C=O) groups excluding carboxylic acids is 1. The van der Waals surface area contributed by atoms with E-state index in [4.69, 9.17) is 0 Å². The lowest BCUT2D eigenvalue weighted by molar-refractivity contribution is 0.252. The van der Waals surface area contributed by atoms with Gasteiger partial charge in [-0.05, 0) is 23.6 Å². The van der Waals surface area contributed by atoms with Crippen molar-refractivity contribution in [1.29, 1.82) is 0 Å². The number of amides is 2. The normalized spacial score (nSPS) is 11.0. The van der Waals surface area contributed by atoms with Crippen molar-refractivity contribution in [2.75, 3.05) is 11.9 Å². The number of hydrogen-bond donors (Lipinski definition) is 2. The van der Waals surface area contributed by atoms with E-state index in [1.165, 1.54) is 6.07 Å². The van der Waals surface area contributed by atoms with Crippen LogP contribution in [-0.2, 0) is 13.5 Å². The smallest absolute Gasteiger partial charge is 0.319 e. The molecule has 4 rings (SSSR count). The van der Waals surface area contributed by atoms with Crippen molar-refractivity contribution in [3.8, 4) is 0 Å². The summed E-state index contributed by atoms with van der Waals surface area (Å²) in [6, 6.07) is 18.3. The Morgan fingerprint density at radius 3 is 2.70 bits per heavy atom. The average molecular weight is 362 g/mol. The first-order valence-corrected chi connectivity index (χ1v) is 8.76. The van der Waals surface area contributed by atoms with E-state index in [9.17, 15) is 9.18 Å². The van der Waals surface area contributed by atoms with E-state index in [2.05, 4.69) is 15.6 Å². The molecule has 0 bridgehead atoms. The van der Waals surface area contributed by atoms with Gasteiger partial charge in [-0.3, -0.25) is 0 Å². The molecule has 1 heterocycles. The third-order valence-corrected chi connectivity index (χ3v) is 4.63. The van der Waals surface area contributed by atoms with Crippen LogP contribution in [0.5, 0.6) is 0 Å². The molecule has 3 aromatic carbocycles. The van der Waals surface area contributed by atoms with E-state index in [-0.39, 0.29) is 11.8 Å². The SMILES string of the molecule is Cn1c(CCNC(=O)Nc2cccc3ccccc23)nc2c(F)cccc21. The summed E-state index contributed by atoms with van der Waals surface area (Å²) in [5.74, 6) is 0.386. The van der Waals surface area contributed by atoms with Crippen LogP contribution in [0.3, 0.4) is 0 Å². The number of fused-ring (bicyclic) bond motifs is 2. The van der Waals surface area contributed by atoms with Crippen molar-refractivity contribution in [3.63, 3.8) is 0 Å². The number of rotatable bonds is 4. The maximum absolute atomic E-state index is 13.8. The lowest BCUT2D eigenvalue weighted by atomic mass is 10.1. The molecule has 2 N–H and O–H groups in total. The number of nitrogens with one attached hydrogen (secondary N) is 2. The predicted octanol–water partition coefficient (Wildman–Crippen LogP) is 4.23. The Hall–Kier alpha value is -3.41. The van der Waals surface area contributed by atoms with Gasteiger partial charge < -0.3 is 15.2 Å². The molecule has 6 heteroatoms. The second-order valence-electron chi connectivity index (χ2n) is 6.35. The maximum atomic E-state index is 13.8. The molecule has 0 spiro atoms. The Morgan fingerprint density at radius 2 is 1.85 bits per heavy atom. The number of anilines is 1. The molecular formula is C21H19FN4O. The van der Waals surface area contributed by atoms with Crippen LogP contribution in [0.25, 0.3) is 21.8 Å². The van der Waals surface area contributed by atoms with Gasteiger partial charge in [0.1, 0.15) is 11.3 Å². The summed E-state index contributed by atoms with van der Waals surface area (Å²) in [7, 11) is 1.85. The van der Waals surface area contributed by atoms with Crippen LogP contribution in [0.1, 0.15) is 5.82 Å². The first-order chi connectivity index (χ1) is 13.1. The number of carbonyl (C=O) groups is 1. The van der Waals surface area contributed by atoms with E-state index in [0.29, 0.717) is 18.5 Å². The molecule has 0 atom stereocenters. The van der Waals surface area contributed by atoms with Crippen molar-refractivity contribution in [3.05, 3.63) is 72.3 Å². The molecule has 0 saturated carbocycles. The number of para-hydroxylation sites is 1. The third kappa shape index (κ3) is 3.33. The summed E-state index contributed by atoms with van der Waals surface area (Å²) in [4.78, 5) is 16.6. The number of aryl methyl sites for hydroxylation is 1. The number of benzene rings is 3. The van der Waals surface area contributed by atoms with Crippen molar-refractivity contribution < 1.29 is 9.18 Å². The fourth-order valence-electron chi connectivity index (χ4n) is 3.24. The fourth-order valence-corrected chi connectivity index (χ4v) is 3.24. The summed E-state index contributed by atoms with van der Waals surface area (Å²) in [5.41, 5.74) is 1.86. The molecule has 1 aromatic heterocycles. The van der Waals surface area contributed by atoms with Gasteiger partial charge in [0.15, 0.2) is 5.82 Å². The minimum atomic E-state index is -0.337. The highest BCUT2D eigenvalue weighted by molar-refractivity contribution is 6.01. The molecule has 0 saturated heterocycles. The van der Waals surface area contributed by atoms with Gasteiger partial charge in [-0.15, -0.1) is 0 Å². The van der Waals surface area contributed by atoms with Gasteiger partial charge >= 0.3 is 6.03 Å². The molecule has 0 aliphatic heterocycles. The number of aromatic nitrogens is 2. The highest BCUT2D eigenvalue weighted by atomic mass is 19.1. The topological polar surface area (TPSA) is 59.0 Å². The van der Waals surface area contributed by atoms with Crippen LogP contribution in [-0.4, -0.2) is 22.1 Å². The average Bonchev–Trinajstić information content (AvgIpc) is 3.00. The van der Waals surface area contributed by atoms with Gasteiger partial charge in [-0.25, -0.2) is 14.2 Å². The quantitative estimate of drug-likeness (QED) is 0.571. The second kappa shape index (κ2) is 7.07. The van der Waals surface area contributed by atoms with E-state index >= 15 is 0 Å². The Kier molecular flexibility index (Phi) is 4.46. The molecule has 0 aliphatic rings. The third-order valence-electron chi connectivity index (χ3n) is 4.63.